The molecule has 3 rings (SSSR count). The van der Waals surface area contributed by atoms with Gasteiger partial charge in [0, 0.05) is 4.70 Å². The molecule has 0 unspecified atom stereocenters. The number of urea groups is 1. The highest BCUT2D eigenvalue weighted by Gasteiger charge is 2.24. The van der Waals surface area contributed by atoms with E-state index in [0.29, 0.717) is 19.4 Å². The van der Waals surface area contributed by atoms with Crippen LogP contribution in [0.5, 0.6) is 0 Å². The Hall–Kier alpha value is -1.56. The molecule has 0 aliphatic heterocycles. The van der Waals surface area contributed by atoms with Crippen molar-refractivity contribution in [3.8, 4) is 0 Å². The van der Waals surface area contributed by atoms with Crippen LogP contribution in [0.1, 0.15) is 5.56 Å². The average Bonchev–Trinajstić information content (AvgIpc) is 3.03. The van der Waals surface area contributed by atoms with Gasteiger partial charge in [-0.2, -0.15) is 0 Å². The summed E-state index contributed by atoms with van der Waals surface area (Å²) in [6, 6.07) is 3.12. The zero-order valence-corrected chi connectivity index (χ0v) is 16.0. The van der Waals surface area contributed by atoms with Crippen LogP contribution in [0.4, 0.5) is 14.3 Å². The molecule has 0 fully saturated rings. The van der Waals surface area contributed by atoms with Crippen molar-refractivity contribution in [2.45, 2.75) is 11.1 Å². The number of nitrogens with one attached hydrogen (secondary N) is 2. The summed E-state index contributed by atoms with van der Waals surface area (Å²) in [7, 11) is -4.08. The van der Waals surface area contributed by atoms with Gasteiger partial charge >= 0.3 is 6.03 Å². The highest BCUT2D eigenvalue weighted by Crippen LogP contribution is 2.34. The fraction of sp³-hybridized carbons (Fsp3) is 0.0769. The molecule has 0 spiro atoms. The number of aromatic nitrogens is 1. The number of thiazole rings is 1. The molecule has 6 nitrogen and oxygen atoms in total. The maximum atomic E-state index is 13.3. The Labute approximate surface area is 152 Å². The maximum Gasteiger partial charge on any atom is 0.334 e. The molecular weight excluding hydrogens is 441 g/mol. The number of hydrogen-bond acceptors (Lipinski definition) is 6. The summed E-state index contributed by atoms with van der Waals surface area (Å²) in [5.74, 6) is -0.451. The summed E-state index contributed by atoms with van der Waals surface area (Å²) in [6.45, 7) is 1.57. The lowest BCUT2D eigenvalue weighted by Crippen LogP contribution is -2.34. The van der Waals surface area contributed by atoms with Crippen LogP contribution in [0.15, 0.2) is 32.4 Å². The van der Waals surface area contributed by atoms with E-state index in [-0.39, 0.29) is 9.34 Å². The number of thiophene rings is 1. The van der Waals surface area contributed by atoms with Gasteiger partial charge in [0.15, 0.2) is 5.13 Å². The molecule has 0 saturated heterocycles. The number of fused-ring (bicyclic) bond motifs is 1. The lowest BCUT2D eigenvalue weighted by atomic mass is 10.2. The first-order valence-electron chi connectivity index (χ1n) is 6.40. The number of carbonyl (C=O) groups excluding carboxylic acids is 1. The molecule has 0 bridgehead atoms. The van der Waals surface area contributed by atoms with Crippen LogP contribution in [-0.2, 0) is 10.0 Å². The Kier molecular flexibility index (Phi) is 4.60. The molecule has 2 aromatic heterocycles. The first-order valence-corrected chi connectivity index (χ1v) is 10.3. The Morgan fingerprint density at radius 2 is 2.08 bits per heavy atom. The number of hydrogen-bond donors (Lipinski definition) is 2. The second-order valence-electron chi connectivity index (χ2n) is 4.68. The molecule has 0 aliphatic rings. The van der Waals surface area contributed by atoms with E-state index in [1.807, 2.05) is 4.72 Å². The molecule has 0 aliphatic carbocycles. The monoisotopic (exact) mass is 449 g/mol. The number of nitrogens with zero attached hydrogens (tertiary/aromatic N) is 1. The van der Waals surface area contributed by atoms with Crippen molar-refractivity contribution in [3.05, 3.63) is 39.6 Å². The van der Waals surface area contributed by atoms with Crippen molar-refractivity contribution in [2.75, 3.05) is 5.32 Å². The number of sulfonamides is 1. The van der Waals surface area contributed by atoms with E-state index < -0.39 is 21.9 Å². The summed E-state index contributed by atoms with van der Waals surface area (Å²) < 4.78 is 41.4. The van der Waals surface area contributed by atoms with Crippen LogP contribution in [0.2, 0.25) is 0 Å². The summed E-state index contributed by atoms with van der Waals surface area (Å²) in [4.78, 5) is 15.8. The number of halogens is 2. The lowest BCUT2D eigenvalue weighted by molar-refractivity contribution is 0.256. The molecule has 2 heterocycles. The zero-order valence-electron chi connectivity index (χ0n) is 12.0. The van der Waals surface area contributed by atoms with Gasteiger partial charge in [0.05, 0.1) is 9.98 Å². The zero-order chi connectivity index (χ0) is 17.5. The van der Waals surface area contributed by atoms with Gasteiger partial charge in [-0.05, 0) is 52.0 Å². The summed E-state index contributed by atoms with van der Waals surface area (Å²) in [5.41, 5.74) is 0.395. The smallest absolute Gasteiger partial charge is 0.283 e. The first kappa shape index (κ1) is 17.3. The molecule has 0 saturated carbocycles. The second-order valence-corrected chi connectivity index (χ2v) is 10.0. The normalized spacial score (nSPS) is 11.6. The first-order chi connectivity index (χ1) is 11.3. The number of carbonyl (C=O) groups is 1. The fourth-order valence-electron chi connectivity index (χ4n) is 2.03. The topological polar surface area (TPSA) is 88.2 Å². The fourth-order valence-corrected chi connectivity index (χ4v) is 5.79. The van der Waals surface area contributed by atoms with Crippen LogP contribution in [0.25, 0.3) is 10.1 Å². The molecule has 1 aromatic carbocycles. The summed E-state index contributed by atoms with van der Waals surface area (Å²) >= 11 is 5.31. The molecule has 24 heavy (non-hydrogen) atoms. The number of anilines is 1. The summed E-state index contributed by atoms with van der Waals surface area (Å²) in [5, 5.41) is 3.10. The Morgan fingerprint density at radius 1 is 1.33 bits per heavy atom. The number of amides is 2. The standard InChI is InChI=1S/C13H9BrFN3O3S3/c1-6-8-4-7(15)2-3-9(8)22-11(6)24(20,21)18-12(19)17-13-16-5-10(14)23-13/h2-5H,1H3,(H2,16,17,18,19). The minimum Gasteiger partial charge on any atom is -0.283 e. The molecule has 2 amide bonds. The van der Waals surface area contributed by atoms with Gasteiger partial charge in [-0.3, -0.25) is 5.32 Å². The third kappa shape index (κ3) is 3.43. The maximum absolute atomic E-state index is 13.3. The van der Waals surface area contributed by atoms with E-state index in [4.69, 9.17) is 0 Å². The van der Waals surface area contributed by atoms with E-state index in [1.54, 1.807) is 6.92 Å². The molecular formula is C13H9BrFN3O3S3. The molecule has 2 N–H and O–H groups in total. The van der Waals surface area contributed by atoms with E-state index in [0.717, 1.165) is 22.7 Å². The van der Waals surface area contributed by atoms with Gasteiger partial charge in [0.25, 0.3) is 10.0 Å². The van der Waals surface area contributed by atoms with Crippen LogP contribution in [-0.4, -0.2) is 19.4 Å². The van der Waals surface area contributed by atoms with Crippen LogP contribution in [0, 0.1) is 12.7 Å². The third-order valence-corrected chi connectivity index (χ3v) is 7.64. The van der Waals surface area contributed by atoms with Crippen LogP contribution >= 0.6 is 38.6 Å². The van der Waals surface area contributed by atoms with E-state index in [2.05, 4.69) is 26.2 Å². The van der Waals surface area contributed by atoms with Gasteiger partial charge in [-0.1, -0.05) is 11.3 Å². The van der Waals surface area contributed by atoms with Crippen molar-refractivity contribution in [3.63, 3.8) is 0 Å². The molecule has 11 heteroatoms. The van der Waals surface area contributed by atoms with E-state index in [9.17, 15) is 17.6 Å². The predicted molar refractivity (Wildman–Crippen MR) is 95.7 cm³/mol. The third-order valence-electron chi connectivity index (χ3n) is 3.02. The molecule has 3 aromatic rings. The predicted octanol–water partition coefficient (Wildman–Crippen LogP) is 4.08. The minimum absolute atomic E-state index is 0.0291. The largest absolute Gasteiger partial charge is 0.334 e. The quantitative estimate of drug-likeness (QED) is 0.630. The lowest BCUT2D eigenvalue weighted by Gasteiger charge is -2.06. The summed E-state index contributed by atoms with van der Waals surface area (Å²) in [6.07, 6.45) is 1.49. The van der Waals surface area contributed by atoms with Gasteiger partial charge in [-0.25, -0.2) is 27.3 Å². The minimum atomic E-state index is -4.08. The van der Waals surface area contributed by atoms with Crippen LogP contribution < -0.4 is 10.0 Å². The van der Waals surface area contributed by atoms with Crippen molar-refractivity contribution in [1.29, 1.82) is 0 Å². The Balaban J connectivity index is 1.87. The molecule has 0 atom stereocenters. The number of rotatable bonds is 3. The SMILES string of the molecule is Cc1c(S(=O)(=O)NC(=O)Nc2ncc(Br)s2)sc2ccc(F)cc12. The van der Waals surface area contributed by atoms with Crippen molar-refractivity contribution in [1.82, 2.24) is 9.71 Å². The van der Waals surface area contributed by atoms with E-state index in [1.165, 1.54) is 24.4 Å². The second kappa shape index (κ2) is 6.39. The van der Waals surface area contributed by atoms with Crippen LogP contribution in [0.3, 0.4) is 0 Å². The highest BCUT2D eigenvalue weighted by atomic mass is 79.9. The van der Waals surface area contributed by atoms with Crippen molar-refractivity contribution >= 4 is 69.9 Å². The average molecular weight is 450 g/mol. The van der Waals surface area contributed by atoms with Gasteiger partial charge in [0.1, 0.15) is 10.0 Å². The van der Waals surface area contributed by atoms with Gasteiger partial charge in [0.2, 0.25) is 0 Å². The van der Waals surface area contributed by atoms with Crippen molar-refractivity contribution < 1.29 is 17.6 Å². The Bertz CT molecular complexity index is 1050. The van der Waals surface area contributed by atoms with Gasteiger partial charge < -0.3 is 0 Å². The number of benzene rings is 1. The van der Waals surface area contributed by atoms with Crippen molar-refractivity contribution in [2.24, 2.45) is 0 Å². The number of aryl methyl sites for hydroxylation is 1. The molecule has 0 radical (unpaired) electrons. The Morgan fingerprint density at radius 3 is 2.75 bits per heavy atom. The van der Waals surface area contributed by atoms with E-state index >= 15 is 0 Å². The molecule has 126 valence electrons. The highest BCUT2D eigenvalue weighted by molar-refractivity contribution is 9.11. The van der Waals surface area contributed by atoms with Gasteiger partial charge in [-0.15, -0.1) is 11.3 Å².